The SMILES string of the molecule is CC(C)c1ccc(C(=O)N2CC3COCC(C2)C3Oc2ccc(C#N)c(Cl)c2)cc1. The van der Waals surface area contributed by atoms with Gasteiger partial charge in [0.05, 0.1) is 23.8 Å². The second kappa shape index (κ2) is 8.67. The van der Waals surface area contributed by atoms with Crippen molar-refractivity contribution in [1.82, 2.24) is 4.90 Å². The lowest BCUT2D eigenvalue weighted by molar-refractivity contribution is -0.105. The molecule has 5 nitrogen and oxygen atoms in total. The quantitative estimate of drug-likeness (QED) is 0.724. The van der Waals surface area contributed by atoms with Crippen LogP contribution in [0.3, 0.4) is 0 Å². The number of ether oxygens (including phenoxy) is 2. The summed E-state index contributed by atoms with van der Waals surface area (Å²) in [5.74, 6) is 1.32. The molecular formula is C24H25ClN2O3. The van der Waals surface area contributed by atoms with E-state index in [1.165, 1.54) is 5.56 Å². The van der Waals surface area contributed by atoms with Gasteiger partial charge < -0.3 is 14.4 Å². The molecular weight excluding hydrogens is 400 g/mol. The molecule has 2 unspecified atom stereocenters. The first-order valence-corrected chi connectivity index (χ1v) is 10.7. The lowest BCUT2D eigenvalue weighted by Gasteiger charge is -2.46. The van der Waals surface area contributed by atoms with E-state index in [0.29, 0.717) is 48.6 Å². The Morgan fingerprint density at radius 2 is 1.83 bits per heavy atom. The number of hydrogen-bond donors (Lipinski definition) is 0. The van der Waals surface area contributed by atoms with Crippen molar-refractivity contribution in [1.29, 1.82) is 5.26 Å². The highest BCUT2D eigenvalue weighted by Crippen LogP contribution is 2.33. The van der Waals surface area contributed by atoms with Crippen LogP contribution in [0.4, 0.5) is 0 Å². The Balaban J connectivity index is 1.47. The molecule has 0 aliphatic carbocycles. The molecule has 0 radical (unpaired) electrons. The highest BCUT2D eigenvalue weighted by Gasteiger charge is 2.43. The maximum Gasteiger partial charge on any atom is 0.253 e. The molecule has 2 atom stereocenters. The molecule has 2 aliphatic heterocycles. The average Bonchev–Trinajstić information content (AvgIpc) is 2.73. The molecule has 2 aromatic rings. The summed E-state index contributed by atoms with van der Waals surface area (Å²) in [4.78, 5) is 15.0. The second-order valence-corrected chi connectivity index (χ2v) is 8.79. The van der Waals surface area contributed by atoms with Crippen molar-refractivity contribution in [2.75, 3.05) is 26.3 Å². The summed E-state index contributed by atoms with van der Waals surface area (Å²) in [5, 5.41) is 9.43. The molecule has 2 fully saturated rings. The molecule has 2 aliphatic rings. The summed E-state index contributed by atoms with van der Waals surface area (Å²) in [6.45, 7) is 6.59. The maximum atomic E-state index is 13.1. The number of halogens is 1. The molecule has 4 rings (SSSR count). The molecule has 2 bridgehead atoms. The summed E-state index contributed by atoms with van der Waals surface area (Å²) < 4.78 is 12.0. The normalized spacial score (nSPS) is 23.2. The van der Waals surface area contributed by atoms with E-state index in [4.69, 9.17) is 26.3 Å². The molecule has 156 valence electrons. The molecule has 1 amide bonds. The smallest absolute Gasteiger partial charge is 0.253 e. The fraction of sp³-hybridized carbons (Fsp3) is 0.417. The van der Waals surface area contributed by atoms with Crippen LogP contribution in [-0.4, -0.2) is 43.2 Å². The molecule has 30 heavy (non-hydrogen) atoms. The van der Waals surface area contributed by atoms with Gasteiger partial charge in [0.25, 0.3) is 5.91 Å². The minimum Gasteiger partial charge on any atom is -0.489 e. The van der Waals surface area contributed by atoms with Crippen LogP contribution in [0.25, 0.3) is 0 Å². The van der Waals surface area contributed by atoms with Gasteiger partial charge in [-0.3, -0.25) is 4.79 Å². The minimum atomic E-state index is -0.0462. The van der Waals surface area contributed by atoms with E-state index in [1.54, 1.807) is 18.2 Å². The predicted octanol–water partition coefficient (Wildman–Crippen LogP) is 4.50. The molecule has 0 spiro atoms. The Hall–Kier alpha value is -2.55. The van der Waals surface area contributed by atoms with Gasteiger partial charge in [-0.05, 0) is 35.7 Å². The van der Waals surface area contributed by atoms with Gasteiger partial charge in [0.15, 0.2) is 0 Å². The zero-order valence-electron chi connectivity index (χ0n) is 17.2. The fourth-order valence-electron chi connectivity index (χ4n) is 4.27. The van der Waals surface area contributed by atoms with Crippen molar-refractivity contribution in [3.05, 3.63) is 64.2 Å². The number of benzene rings is 2. The van der Waals surface area contributed by atoms with E-state index < -0.39 is 0 Å². The number of nitrogens with zero attached hydrogens (tertiary/aromatic N) is 2. The summed E-state index contributed by atoms with van der Waals surface area (Å²) >= 11 is 6.15. The number of carbonyl (C=O) groups is 1. The van der Waals surface area contributed by atoms with Gasteiger partial charge >= 0.3 is 0 Å². The highest BCUT2D eigenvalue weighted by atomic mass is 35.5. The Bertz CT molecular complexity index is 953. The van der Waals surface area contributed by atoms with Crippen molar-refractivity contribution < 1.29 is 14.3 Å². The molecule has 0 aromatic heterocycles. The summed E-state index contributed by atoms with van der Waals surface area (Å²) in [5.41, 5.74) is 2.37. The number of likely N-dealkylation sites (tertiary alicyclic amines) is 1. The number of amides is 1. The van der Waals surface area contributed by atoms with Gasteiger partial charge in [-0.2, -0.15) is 5.26 Å². The van der Waals surface area contributed by atoms with Crippen molar-refractivity contribution in [2.45, 2.75) is 25.9 Å². The van der Waals surface area contributed by atoms with Gasteiger partial charge in [0.2, 0.25) is 0 Å². The highest BCUT2D eigenvalue weighted by molar-refractivity contribution is 6.31. The van der Waals surface area contributed by atoms with Crippen LogP contribution >= 0.6 is 11.6 Å². The monoisotopic (exact) mass is 424 g/mol. The van der Waals surface area contributed by atoms with Crippen LogP contribution in [0.5, 0.6) is 5.75 Å². The van der Waals surface area contributed by atoms with Crippen LogP contribution < -0.4 is 4.74 Å². The number of fused-ring (bicyclic) bond motifs is 2. The number of piperidine rings is 1. The lowest BCUT2D eigenvalue weighted by Crippen LogP contribution is -2.58. The molecule has 2 aromatic carbocycles. The van der Waals surface area contributed by atoms with Crippen LogP contribution in [0.2, 0.25) is 5.02 Å². The molecule has 0 N–H and O–H groups in total. The van der Waals surface area contributed by atoms with Crippen molar-refractivity contribution in [2.24, 2.45) is 11.8 Å². The molecule has 6 heteroatoms. The first-order chi connectivity index (χ1) is 14.5. The minimum absolute atomic E-state index is 0.0462. The first-order valence-electron chi connectivity index (χ1n) is 10.3. The van der Waals surface area contributed by atoms with Gasteiger partial charge in [-0.1, -0.05) is 37.6 Å². The summed E-state index contributed by atoms with van der Waals surface area (Å²) in [6, 6.07) is 15.1. The number of nitriles is 1. The molecule has 0 saturated carbocycles. The Labute approximate surface area is 182 Å². The Morgan fingerprint density at radius 1 is 1.17 bits per heavy atom. The van der Waals surface area contributed by atoms with E-state index in [2.05, 4.69) is 19.9 Å². The fourth-order valence-corrected chi connectivity index (χ4v) is 4.48. The van der Waals surface area contributed by atoms with Crippen LogP contribution in [0.1, 0.15) is 41.3 Å². The predicted molar refractivity (Wildman–Crippen MR) is 115 cm³/mol. The Morgan fingerprint density at radius 3 is 2.40 bits per heavy atom. The van der Waals surface area contributed by atoms with Crippen LogP contribution in [-0.2, 0) is 4.74 Å². The maximum absolute atomic E-state index is 13.1. The van der Waals surface area contributed by atoms with Gasteiger partial charge in [-0.15, -0.1) is 0 Å². The van der Waals surface area contributed by atoms with E-state index in [0.717, 1.165) is 5.56 Å². The lowest BCUT2D eigenvalue weighted by atomic mass is 9.84. The second-order valence-electron chi connectivity index (χ2n) is 8.38. The zero-order valence-corrected chi connectivity index (χ0v) is 17.9. The topological polar surface area (TPSA) is 62.6 Å². The van der Waals surface area contributed by atoms with Crippen molar-refractivity contribution in [3.63, 3.8) is 0 Å². The van der Waals surface area contributed by atoms with E-state index in [-0.39, 0.29) is 23.8 Å². The average molecular weight is 425 g/mol. The van der Waals surface area contributed by atoms with E-state index in [1.807, 2.05) is 29.2 Å². The van der Waals surface area contributed by atoms with Gasteiger partial charge in [0, 0.05) is 36.6 Å². The van der Waals surface area contributed by atoms with Crippen LogP contribution in [0.15, 0.2) is 42.5 Å². The van der Waals surface area contributed by atoms with Gasteiger partial charge in [-0.25, -0.2) is 0 Å². The standard InChI is InChI=1S/C24H25ClN2O3/c1-15(2)16-3-5-17(6-4-16)24(28)27-11-19-13-29-14-20(12-27)23(19)30-21-8-7-18(10-26)22(25)9-21/h3-9,15,19-20,23H,11-14H2,1-2H3. The molecule has 2 heterocycles. The summed E-state index contributed by atoms with van der Waals surface area (Å²) in [7, 11) is 0. The number of hydrogen-bond acceptors (Lipinski definition) is 4. The van der Waals surface area contributed by atoms with Crippen molar-refractivity contribution in [3.8, 4) is 11.8 Å². The largest absolute Gasteiger partial charge is 0.489 e. The third kappa shape index (κ3) is 4.16. The van der Waals surface area contributed by atoms with Crippen LogP contribution in [0, 0.1) is 23.2 Å². The third-order valence-electron chi connectivity index (χ3n) is 5.95. The summed E-state index contributed by atoms with van der Waals surface area (Å²) in [6.07, 6.45) is -0.0462. The van der Waals surface area contributed by atoms with Gasteiger partial charge in [0.1, 0.15) is 17.9 Å². The van der Waals surface area contributed by atoms with E-state index in [9.17, 15) is 4.79 Å². The number of rotatable bonds is 4. The zero-order chi connectivity index (χ0) is 21.3. The van der Waals surface area contributed by atoms with Crippen molar-refractivity contribution >= 4 is 17.5 Å². The number of carbonyl (C=O) groups excluding carboxylic acids is 1. The third-order valence-corrected chi connectivity index (χ3v) is 6.26. The van der Waals surface area contributed by atoms with E-state index >= 15 is 0 Å². The first kappa shape index (κ1) is 20.7. The Kier molecular flexibility index (Phi) is 5.99. The molecule has 2 saturated heterocycles.